The van der Waals surface area contributed by atoms with Crippen LogP contribution in [0.3, 0.4) is 0 Å². The predicted molar refractivity (Wildman–Crippen MR) is 84.0 cm³/mol. The second-order valence-electron chi connectivity index (χ2n) is 3.92. The molecule has 0 atom stereocenters. The molecule has 1 rings (SSSR count). The molecule has 0 radical (unpaired) electrons. The van der Waals surface area contributed by atoms with E-state index in [0.717, 1.165) is 16.2 Å². The molecule has 114 valence electrons. The van der Waals surface area contributed by atoms with Crippen molar-refractivity contribution in [1.29, 1.82) is 0 Å². The highest BCUT2D eigenvalue weighted by atomic mass is 79.9. The molecule has 7 heteroatoms. The zero-order valence-electron chi connectivity index (χ0n) is 12.0. The van der Waals surface area contributed by atoms with Crippen LogP contribution in [0.25, 0.3) is 0 Å². The quantitative estimate of drug-likeness (QED) is 0.602. The van der Waals surface area contributed by atoms with Gasteiger partial charge >= 0.3 is 11.9 Å². The molecule has 0 unspecified atom stereocenters. The number of nitrogens with one attached hydrogen (secondary N) is 2. The molecule has 2 N–H and O–H groups in total. The molecule has 0 aliphatic carbocycles. The molecule has 6 nitrogen and oxygen atoms in total. The summed E-state index contributed by atoms with van der Waals surface area (Å²) < 4.78 is 10.0. The van der Waals surface area contributed by atoms with Gasteiger partial charge in [0, 0.05) is 11.0 Å². The van der Waals surface area contributed by atoms with E-state index in [1.165, 1.54) is 14.2 Å². The SMILES string of the molecule is CCNc1ccc(Br)cc1N/C(=C/C(=O)OC)C(=O)OC. The summed E-state index contributed by atoms with van der Waals surface area (Å²) in [4.78, 5) is 23.1. The van der Waals surface area contributed by atoms with E-state index in [0.29, 0.717) is 12.2 Å². The molecule has 0 saturated carbocycles. The first-order chi connectivity index (χ1) is 10.0. The fraction of sp³-hybridized carbons (Fsp3) is 0.286. The summed E-state index contributed by atoms with van der Waals surface area (Å²) in [5.74, 6) is -1.31. The number of benzene rings is 1. The number of hydrogen-bond donors (Lipinski definition) is 2. The van der Waals surface area contributed by atoms with Gasteiger partial charge in [0.15, 0.2) is 0 Å². The number of ether oxygens (including phenoxy) is 2. The smallest absolute Gasteiger partial charge is 0.354 e. The van der Waals surface area contributed by atoms with Gasteiger partial charge in [0.05, 0.1) is 31.7 Å². The lowest BCUT2D eigenvalue weighted by atomic mass is 10.2. The van der Waals surface area contributed by atoms with E-state index in [1.807, 2.05) is 19.1 Å². The van der Waals surface area contributed by atoms with E-state index in [1.54, 1.807) is 6.07 Å². The minimum Gasteiger partial charge on any atom is -0.466 e. The fourth-order valence-electron chi connectivity index (χ4n) is 1.54. The fourth-order valence-corrected chi connectivity index (χ4v) is 1.90. The number of carbonyl (C=O) groups is 2. The monoisotopic (exact) mass is 356 g/mol. The number of anilines is 2. The van der Waals surface area contributed by atoms with Crippen molar-refractivity contribution in [2.24, 2.45) is 0 Å². The van der Waals surface area contributed by atoms with Crippen molar-refractivity contribution >= 4 is 39.2 Å². The third kappa shape index (κ3) is 5.11. The Kier molecular flexibility index (Phi) is 6.74. The molecule has 0 amide bonds. The van der Waals surface area contributed by atoms with Crippen LogP contribution in [0.1, 0.15) is 6.92 Å². The molecule has 0 aliphatic heterocycles. The van der Waals surface area contributed by atoms with Gasteiger partial charge in [-0.05, 0) is 25.1 Å². The summed E-state index contributed by atoms with van der Waals surface area (Å²) >= 11 is 3.36. The van der Waals surface area contributed by atoms with Crippen molar-refractivity contribution in [1.82, 2.24) is 0 Å². The Labute approximate surface area is 131 Å². The molecule has 0 saturated heterocycles. The second-order valence-corrected chi connectivity index (χ2v) is 4.83. The number of methoxy groups -OCH3 is 2. The van der Waals surface area contributed by atoms with Crippen molar-refractivity contribution in [3.8, 4) is 0 Å². The zero-order valence-corrected chi connectivity index (χ0v) is 13.6. The predicted octanol–water partition coefficient (Wildman–Crippen LogP) is 2.52. The number of carbonyl (C=O) groups excluding carboxylic acids is 2. The number of hydrogen-bond acceptors (Lipinski definition) is 6. The maximum atomic E-state index is 11.7. The zero-order chi connectivity index (χ0) is 15.8. The van der Waals surface area contributed by atoms with Gasteiger partial charge < -0.3 is 20.1 Å². The summed E-state index contributed by atoms with van der Waals surface area (Å²) in [5.41, 5.74) is 1.41. The molecule has 1 aromatic rings. The number of halogens is 1. The summed E-state index contributed by atoms with van der Waals surface area (Å²) in [5, 5.41) is 6.04. The summed E-state index contributed by atoms with van der Waals surface area (Å²) in [6.07, 6.45) is 1.04. The van der Waals surface area contributed by atoms with E-state index in [-0.39, 0.29) is 5.70 Å². The van der Waals surface area contributed by atoms with E-state index in [2.05, 4.69) is 36.0 Å². The van der Waals surface area contributed by atoms with E-state index in [9.17, 15) is 9.59 Å². The topological polar surface area (TPSA) is 76.7 Å². The maximum absolute atomic E-state index is 11.7. The van der Waals surface area contributed by atoms with Crippen LogP contribution in [0.4, 0.5) is 11.4 Å². The first kappa shape index (κ1) is 17.0. The van der Waals surface area contributed by atoms with Crippen molar-refractivity contribution in [3.63, 3.8) is 0 Å². The molecule has 21 heavy (non-hydrogen) atoms. The van der Waals surface area contributed by atoms with Crippen molar-refractivity contribution in [2.45, 2.75) is 6.92 Å². The molecule has 0 aromatic heterocycles. The molecule has 0 fully saturated rings. The van der Waals surface area contributed by atoms with Gasteiger partial charge in [-0.3, -0.25) is 0 Å². The highest BCUT2D eigenvalue weighted by Gasteiger charge is 2.14. The van der Waals surface area contributed by atoms with Crippen molar-refractivity contribution < 1.29 is 19.1 Å². The van der Waals surface area contributed by atoms with Gasteiger partial charge in [0.1, 0.15) is 5.70 Å². The standard InChI is InChI=1S/C14H17BrN2O4/c1-4-16-10-6-5-9(15)7-11(10)17-12(14(19)21-3)8-13(18)20-2/h5-8,16-17H,4H2,1-3H3/b12-8+. The lowest BCUT2D eigenvalue weighted by molar-refractivity contribution is -0.138. The van der Waals surface area contributed by atoms with E-state index < -0.39 is 11.9 Å². The molecule has 0 bridgehead atoms. The first-order valence-corrected chi connectivity index (χ1v) is 6.99. The number of rotatable bonds is 6. The largest absolute Gasteiger partial charge is 0.466 e. The Morgan fingerprint density at radius 3 is 2.52 bits per heavy atom. The van der Waals surface area contributed by atoms with Crippen LogP contribution in [-0.2, 0) is 19.1 Å². The van der Waals surface area contributed by atoms with Gasteiger partial charge in [0.2, 0.25) is 0 Å². The average molecular weight is 357 g/mol. The normalized spacial score (nSPS) is 10.8. The third-order valence-corrected chi connectivity index (χ3v) is 2.98. The van der Waals surface area contributed by atoms with E-state index >= 15 is 0 Å². The number of esters is 2. The molecular formula is C14H17BrN2O4. The highest BCUT2D eigenvalue weighted by Crippen LogP contribution is 2.27. The third-order valence-electron chi connectivity index (χ3n) is 2.49. The Hall–Kier alpha value is -2.02. The minimum atomic E-state index is -0.664. The van der Waals surface area contributed by atoms with Gasteiger partial charge in [-0.25, -0.2) is 9.59 Å². The molecular weight excluding hydrogens is 340 g/mol. The summed E-state index contributed by atoms with van der Waals surface area (Å²) in [7, 11) is 2.47. The molecule has 0 heterocycles. The van der Waals surface area contributed by atoms with Crippen LogP contribution in [0.15, 0.2) is 34.4 Å². The maximum Gasteiger partial charge on any atom is 0.354 e. The molecule has 0 spiro atoms. The van der Waals surface area contributed by atoms with Gasteiger partial charge in [-0.1, -0.05) is 15.9 Å². The van der Waals surface area contributed by atoms with Crippen LogP contribution in [0.2, 0.25) is 0 Å². The van der Waals surface area contributed by atoms with Crippen LogP contribution >= 0.6 is 15.9 Å². The highest BCUT2D eigenvalue weighted by molar-refractivity contribution is 9.10. The van der Waals surface area contributed by atoms with Crippen LogP contribution in [0.5, 0.6) is 0 Å². The van der Waals surface area contributed by atoms with Gasteiger partial charge in [0.25, 0.3) is 0 Å². The summed E-state index contributed by atoms with van der Waals surface area (Å²) in [6.45, 7) is 2.67. The minimum absolute atomic E-state index is 0.0124. The second kappa shape index (κ2) is 8.31. The molecule has 0 aliphatic rings. The summed E-state index contributed by atoms with van der Waals surface area (Å²) in [6, 6.07) is 5.50. The lowest BCUT2D eigenvalue weighted by Gasteiger charge is -2.14. The van der Waals surface area contributed by atoms with Crippen LogP contribution < -0.4 is 10.6 Å². The van der Waals surface area contributed by atoms with Gasteiger partial charge in [-0.2, -0.15) is 0 Å². The Morgan fingerprint density at radius 2 is 1.95 bits per heavy atom. The van der Waals surface area contributed by atoms with Gasteiger partial charge in [-0.15, -0.1) is 0 Å². The lowest BCUT2D eigenvalue weighted by Crippen LogP contribution is -2.16. The first-order valence-electron chi connectivity index (χ1n) is 6.20. The van der Waals surface area contributed by atoms with Crippen LogP contribution in [-0.4, -0.2) is 32.7 Å². The Bertz CT molecular complexity index is 558. The van der Waals surface area contributed by atoms with Crippen LogP contribution in [0, 0.1) is 0 Å². The Balaban J connectivity index is 3.13. The average Bonchev–Trinajstić information content (AvgIpc) is 2.48. The molecule has 1 aromatic carbocycles. The van der Waals surface area contributed by atoms with Crippen molar-refractivity contribution in [2.75, 3.05) is 31.4 Å². The Morgan fingerprint density at radius 1 is 1.24 bits per heavy atom. The van der Waals surface area contributed by atoms with E-state index in [4.69, 9.17) is 0 Å². The van der Waals surface area contributed by atoms with Crippen molar-refractivity contribution in [3.05, 3.63) is 34.4 Å².